The molecule has 0 saturated carbocycles. The van der Waals surface area contributed by atoms with Crippen LogP contribution in [0.15, 0.2) is 72.8 Å². The Morgan fingerprint density at radius 3 is 2.00 bits per heavy atom. The molecule has 6 heteroatoms. The summed E-state index contributed by atoms with van der Waals surface area (Å²) in [4.78, 5) is 40.7. The van der Waals surface area contributed by atoms with E-state index >= 15 is 0 Å². The van der Waals surface area contributed by atoms with Crippen LogP contribution in [0.1, 0.15) is 38.5 Å². The number of esters is 1. The van der Waals surface area contributed by atoms with Gasteiger partial charge in [-0.1, -0.05) is 64.5 Å². The summed E-state index contributed by atoms with van der Waals surface area (Å²) in [5, 5.41) is 0. The van der Waals surface area contributed by atoms with Gasteiger partial charge in [0.15, 0.2) is 0 Å². The highest BCUT2D eigenvalue weighted by atomic mass is 79.9. The van der Waals surface area contributed by atoms with E-state index in [9.17, 15) is 14.4 Å². The fourth-order valence-corrected chi connectivity index (χ4v) is 7.00. The van der Waals surface area contributed by atoms with Crippen LogP contribution in [0.25, 0.3) is 0 Å². The van der Waals surface area contributed by atoms with Gasteiger partial charge < -0.3 is 4.74 Å². The zero-order chi connectivity index (χ0) is 22.2. The Kier molecular flexibility index (Phi) is 4.02. The molecule has 3 aliphatic carbocycles. The summed E-state index contributed by atoms with van der Waals surface area (Å²) in [6, 6.07) is 22.6. The van der Waals surface area contributed by atoms with Crippen molar-refractivity contribution in [2.45, 2.75) is 10.2 Å². The van der Waals surface area contributed by atoms with Crippen LogP contribution in [0.5, 0.6) is 0 Å². The van der Waals surface area contributed by atoms with Crippen molar-refractivity contribution in [1.82, 2.24) is 0 Å². The second kappa shape index (κ2) is 6.62. The Hall–Kier alpha value is -3.25. The topological polar surface area (TPSA) is 63.7 Å². The van der Waals surface area contributed by atoms with Crippen LogP contribution in [0.3, 0.4) is 0 Å². The van der Waals surface area contributed by atoms with Gasteiger partial charge in [0, 0.05) is 5.92 Å². The number of hydrogen-bond donors (Lipinski definition) is 0. The van der Waals surface area contributed by atoms with Crippen molar-refractivity contribution in [3.63, 3.8) is 0 Å². The zero-order valence-electron chi connectivity index (χ0n) is 17.1. The average molecular weight is 488 g/mol. The number of imide groups is 1. The molecule has 32 heavy (non-hydrogen) atoms. The van der Waals surface area contributed by atoms with E-state index in [1.54, 1.807) is 24.3 Å². The van der Waals surface area contributed by atoms with Crippen LogP contribution in [0.4, 0.5) is 5.69 Å². The second-order valence-corrected chi connectivity index (χ2v) is 9.67. The first-order chi connectivity index (χ1) is 15.5. The monoisotopic (exact) mass is 487 g/mol. The summed E-state index contributed by atoms with van der Waals surface area (Å²) in [6.07, 6.45) is 0. The molecule has 2 bridgehead atoms. The zero-order valence-corrected chi connectivity index (χ0v) is 18.7. The van der Waals surface area contributed by atoms with Crippen LogP contribution < -0.4 is 4.90 Å². The van der Waals surface area contributed by atoms with Gasteiger partial charge in [0.2, 0.25) is 11.8 Å². The molecule has 0 unspecified atom stereocenters. The Bertz CT molecular complexity index is 1270. The third kappa shape index (κ3) is 2.25. The lowest BCUT2D eigenvalue weighted by molar-refractivity contribution is -0.122. The van der Waals surface area contributed by atoms with Gasteiger partial charge in [0.1, 0.15) is 0 Å². The summed E-state index contributed by atoms with van der Waals surface area (Å²) < 4.78 is 3.98. The molecule has 0 N–H and O–H groups in total. The largest absolute Gasteiger partial charge is 0.465 e. The minimum absolute atomic E-state index is 0.178. The van der Waals surface area contributed by atoms with E-state index in [1.807, 2.05) is 24.3 Å². The molecule has 1 aliphatic heterocycles. The van der Waals surface area contributed by atoms with Crippen molar-refractivity contribution in [2.24, 2.45) is 11.8 Å². The molecule has 3 aromatic carbocycles. The Balaban J connectivity index is 1.52. The molecule has 0 spiro atoms. The molecule has 1 saturated heterocycles. The van der Waals surface area contributed by atoms with Gasteiger partial charge in [-0.2, -0.15) is 0 Å². The maximum atomic E-state index is 13.8. The van der Waals surface area contributed by atoms with Gasteiger partial charge in [-0.15, -0.1) is 0 Å². The smallest absolute Gasteiger partial charge is 0.337 e. The molecular formula is C26H18BrNO4. The van der Waals surface area contributed by atoms with Gasteiger partial charge in [-0.05, 0) is 46.5 Å². The first kappa shape index (κ1) is 19.4. The first-order valence-corrected chi connectivity index (χ1v) is 11.2. The van der Waals surface area contributed by atoms with E-state index < -0.39 is 22.1 Å². The van der Waals surface area contributed by atoms with Gasteiger partial charge in [0.05, 0.1) is 34.5 Å². The summed E-state index contributed by atoms with van der Waals surface area (Å²) in [5.74, 6) is -2.12. The molecule has 1 fully saturated rings. The summed E-state index contributed by atoms with van der Waals surface area (Å²) >= 11 is 3.98. The number of carbonyl (C=O) groups is 3. The molecule has 7 rings (SSSR count). The first-order valence-electron chi connectivity index (χ1n) is 10.4. The number of nitrogens with zero attached hydrogens (tertiary/aromatic N) is 1. The van der Waals surface area contributed by atoms with Crippen LogP contribution >= 0.6 is 15.9 Å². The predicted molar refractivity (Wildman–Crippen MR) is 122 cm³/mol. The normalized spacial score (nSPS) is 27.1. The number of methoxy groups -OCH3 is 1. The number of benzene rings is 3. The lowest BCUT2D eigenvalue weighted by Crippen LogP contribution is -2.50. The Morgan fingerprint density at radius 2 is 1.44 bits per heavy atom. The molecule has 2 amide bonds. The Morgan fingerprint density at radius 1 is 0.875 bits per heavy atom. The molecule has 158 valence electrons. The van der Waals surface area contributed by atoms with Gasteiger partial charge >= 0.3 is 5.97 Å². The highest BCUT2D eigenvalue weighted by molar-refractivity contribution is 9.09. The Labute approximate surface area is 193 Å². The maximum Gasteiger partial charge on any atom is 0.337 e. The molecule has 4 aliphatic rings. The van der Waals surface area contributed by atoms with Crippen LogP contribution in [0, 0.1) is 11.8 Å². The van der Waals surface area contributed by atoms with E-state index in [4.69, 9.17) is 4.74 Å². The highest BCUT2D eigenvalue weighted by Gasteiger charge is 2.67. The van der Waals surface area contributed by atoms with Crippen molar-refractivity contribution in [3.8, 4) is 0 Å². The lowest BCUT2D eigenvalue weighted by atomic mass is 9.55. The predicted octanol–water partition coefficient (Wildman–Crippen LogP) is 4.38. The third-order valence-electron chi connectivity index (χ3n) is 7.06. The standard InChI is InChI=1S/C26H18BrNO4/c1-32-25(31)14-10-12-15(13-11-14)28-23(29)21-20-16-6-2-4-8-18(16)26(27,22(21)24(28)30)19-9-5-3-7-17(19)20/h2-13,20-22H,1H3/t20?,21-,22+,26?/m0/s1. The van der Waals surface area contributed by atoms with Crippen molar-refractivity contribution in [2.75, 3.05) is 12.0 Å². The second-order valence-electron chi connectivity index (χ2n) is 8.42. The minimum Gasteiger partial charge on any atom is -0.465 e. The summed E-state index contributed by atoms with van der Waals surface area (Å²) in [7, 11) is 1.31. The average Bonchev–Trinajstić information content (AvgIpc) is 3.10. The number of rotatable bonds is 2. The molecule has 5 nitrogen and oxygen atoms in total. The lowest BCUT2D eigenvalue weighted by Gasteiger charge is -2.51. The summed E-state index contributed by atoms with van der Waals surface area (Å²) in [6.45, 7) is 0. The van der Waals surface area contributed by atoms with Crippen molar-refractivity contribution in [1.29, 1.82) is 0 Å². The SMILES string of the molecule is COC(=O)c1ccc(N2C(=O)[C@H]3C4c5ccccc5C(Br)(c5ccccc54)[C@H]3C2=O)cc1. The molecular weight excluding hydrogens is 470 g/mol. The number of carbonyl (C=O) groups excluding carboxylic acids is 3. The van der Waals surface area contributed by atoms with E-state index in [0.717, 1.165) is 22.3 Å². The van der Waals surface area contributed by atoms with Gasteiger partial charge in [-0.25, -0.2) is 9.69 Å². The van der Waals surface area contributed by atoms with E-state index in [0.29, 0.717) is 11.3 Å². The highest BCUT2D eigenvalue weighted by Crippen LogP contribution is 2.66. The van der Waals surface area contributed by atoms with E-state index in [1.165, 1.54) is 12.0 Å². The van der Waals surface area contributed by atoms with E-state index in [2.05, 4.69) is 40.2 Å². The van der Waals surface area contributed by atoms with Crippen molar-refractivity contribution < 1.29 is 19.1 Å². The number of ether oxygens (including phenoxy) is 1. The fraction of sp³-hybridized carbons (Fsp3) is 0.192. The molecule has 2 atom stereocenters. The van der Waals surface area contributed by atoms with Crippen LogP contribution in [-0.4, -0.2) is 24.9 Å². The molecule has 0 aromatic heterocycles. The van der Waals surface area contributed by atoms with E-state index in [-0.39, 0.29) is 17.7 Å². The molecule has 1 heterocycles. The number of amides is 2. The minimum atomic E-state index is -0.771. The quantitative estimate of drug-likeness (QED) is 0.305. The number of alkyl halides is 1. The third-order valence-corrected chi connectivity index (χ3v) is 8.41. The maximum absolute atomic E-state index is 13.8. The van der Waals surface area contributed by atoms with Crippen LogP contribution in [-0.2, 0) is 18.7 Å². The fourth-order valence-electron chi connectivity index (χ4n) is 5.80. The number of hydrogen-bond acceptors (Lipinski definition) is 4. The van der Waals surface area contributed by atoms with Crippen molar-refractivity contribution >= 4 is 39.4 Å². The molecule has 3 aromatic rings. The van der Waals surface area contributed by atoms with Gasteiger partial charge in [-0.3, -0.25) is 9.59 Å². The molecule has 0 radical (unpaired) electrons. The van der Waals surface area contributed by atoms with Gasteiger partial charge in [0.25, 0.3) is 0 Å². The number of anilines is 1. The summed E-state index contributed by atoms with van der Waals surface area (Å²) in [5.41, 5.74) is 5.11. The number of halogens is 1. The van der Waals surface area contributed by atoms with Crippen molar-refractivity contribution in [3.05, 3.63) is 101 Å². The van der Waals surface area contributed by atoms with Crippen LogP contribution in [0.2, 0.25) is 0 Å².